The summed E-state index contributed by atoms with van der Waals surface area (Å²) in [5.74, 6) is 0.304. The Morgan fingerprint density at radius 1 is 0.309 bits per heavy atom. The predicted molar refractivity (Wildman–Crippen MR) is 453 cm³/mol. The van der Waals surface area contributed by atoms with Crippen molar-refractivity contribution < 1.29 is 58.3 Å². The van der Waals surface area contributed by atoms with Gasteiger partial charge in [-0.1, -0.05) is 364 Å². The molecule has 0 saturated heterocycles. The van der Waals surface area contributed by atoms with Crippen LogP contribution in [0.15, 0.2) is 262 Å². The van der Waals surface area contributed by atoms with Crippen LogP contribution in [0.3, 0.4) is 0 Å². The van der Waals surface area contributed by atoms with Crippen molar-refractivity contribution in [1.29, 1.82) is 0 Å². The first kappa shape index (κ1) is 125. The molecule has 0 amide bonds. The Kier molecular flexibility index (Phi) is 156. The summed E-state index contributed by atoms with van der Waals surface area (Å²) in [5, 5.41) is 0.259. The Morgan fingerprint density at radius 3 is 0.596 bits per heavy atom. The van der Waals surface area contributed by atoms with Gasteiger partial charge in [-0.2, -0.15) is 0 Å². The van der Waals surface area contributed by atoms with Crippen LogP contribution in [0.2, 0.25) is 0 Å². The molecule has 0 bridgehead atoms. The predicted octanol–water partition coefficient (Wildman–Crippen LogP) is 24.0. The summed E-state index contributed by atoms with van der Waals surface area (Å²) in [6, 6.07) is 85.0. The van der Waals surface area contributed by atoms with Gasteiger partial charge in [-0.15, -0.1) is 0 Å². The van der Waals surface area contributed by atoms with Crippen molar-refractivity contribution in [3.8, 4) is 0 Å². The Morgan fingerprint density at radius 2 is 0.457 bits per heavy atom. The minimum Gasteiger partial charge on any atom is -0.0622 e. The summed E-state index contributed by atoms with van der Waals surface area (Å²) in [4.78, 5) is 16.2. The second kappa shape index (κ2) is 118. The summed E-state index contributed by atoms with van der Waals surface area (Å²) in [5.41, 5.74) is 2.74. The van der Waals surface area contributed by atoms with Crippen LogP contribution in [0.5, 0.6) is 0 Å². The van der Waals surface area contributed by atoms with Gasteiger partial charge in [0.25, 0.3) is 0 Å². The van der Waals surface area contributed by atoms with Gasteiger partial charge in [-0.3, -0.25) is 4.79 Å². The third-order valence-electron chi connectivity index (χ3n) is 9.44. The van der Waals surface area contributed by atoms with E-state index in [-0.39, 0.29) is 119 Å². The van der Waals surface area contributed by atoms with Crippen molar-refractivity contribution in [1.82, 2.24) is 0 Å². The molecule has 0 N–H and O–H groups in total. The minimum atomic E-state index is 0. The fourth-order valence-corrected chi connectivity index (χ4v) is 11.3. The van der Waals surface area contributed by atoms with Gasteiger partial charge < -0.3 is 0 Å². The minimum absolute atomic E-state index is 0. The van der Waals surface area contributed by atoms with Crippen molar-refractivity contribution >= 4 is 78.4 Å². The molecule has 0 aliphatic heterocycles. The second-order valence-electron chi connectivity index (χ2n) is 14.2. The van der Waals surface area contributed by atoms with Gasteiger partial charge >= 0.3 is 48.5 Å². The molecule has 0 aliphatic rings. The van der Waals surface area contributed by atoms with E-state index >= 15 is 0 Å². The van der Waals surface area contributed by atoms with E-state index < -0.39 is 0 Å². The van der Waals surface area contributed by atoms with Crippen LogP contribution >= 0.6 is 0 Å². The van der Waals surface area contributed by atoms with Crippen molar-refractivity contribution in [2.45, 2.75) is 239 Å². The zero-order chi connectivity index (χ0) is 74.2. The van der Waals surface area contributed by atoms with Gasteiger partial charge in [0.1, 0.15) is 12.5 Å². The fraction of sp³-hybridized carbons (Fsp3) is 0.430. The van der Waals surface area contributed by atoms with Gasteiger partial charge in [0.05, 0.1) is 40.6 Å². The third kappa shape index (κ3) is 80.3. The maximum atomic E-state index is 10.6. The molecule has 0 spiro atoms. The molecule has 94 heavy (non-hydrogen) atoms. The smallest absolute Gasteiger partial charge is 0.0622 e. The third-order valence-corrected chi connectivity index (χ3v) is 17.8. The number of carbonyl (C=O) groups is 1. The van der Waals surface area contributed by atoms with Gasteiger partial charge in [0, 0.05) is 32.3 Å². The molecule has 8 rings (SSSR count). The van der Waals surface area contributed by atoms with Crippen LogP contribution < -0.4 is 21.2 Å². The van der Waals surface area contributed by atoms with Crippen molar-refractivity contribution in [2.75, 3.05) is 31.3 Å². The first-order chi connectivity index (χ1) is 45.2. The number of halogens is 1. The Bertz CT molecular complexity index is 2030. The molecule has 0 aromatic heterocycles. The largest absolute Gasteiger partial charge is 0.357 e. The SMILES string of the molecule is CC.CC.CC.CC.CC.CC.CC.CC.CC.CC.CC.CC.CC.CC.CC(=O)C(C)[S+](C)C.C[S+](c1ccccc1)c1ccccc1.C[S+](c1ccccc1)c1ccccc1.C[SH2+].[Pa].[PbH].c1ccc(Cc2ccccc2)cc1.c1ccc([I+]c2ccccc2)cc1. The average Bonchev–Trinajstić information content (AvgIpc) is 1.53. The van der Waals surface area contributed by atoms with Gasteiger partial charge in [0.15, 0.2) is 37.8 Å². The quantitative estimate of drug-likeness (QED) is 0.0758. The molecule has 1 unspecified atom stereocenters. The zero-order valence-corrected chi connectivity index (χ0v) is 82.4. The van der Waals surface area contributed by atoms with Crippen LogP contribution in [-0.4, -0.2) is 69.6 Å². The van der Waals surface area contributed by atoms with E-state index in [0.717, 1.165) is 6.42 Å². The Labute approximate surface area is 660 Å². The summed E-state index contributed by atoms with van der Waals surface area (Å²) < 4.78 is 2.96. The number of Topliss-reactive ketones (excluding diaryl/α,β-unsaturated/α-hetero) is 1. The number of benzene rings is 8. The van der Waals surface area contributed by atoms with Crippen molar-refractivity contribution in [2.24, 2.45) is 0 Å². The average molecular weight is 1890 g/mol. The van der Waals surface area contributed by atoms with Crippen LogP contribution in [0.4, 0.5) is 0 Å². The number of hydrogen-bond donors (Lipinski definition) is 0. The van der Waals surface area contributed by atoms with Crippen LogP contribution in [0.1, 0.15) is 219 Å². The molecule has 0 saturated carbocycles. The number of hydrogen-bond acceptors (Lipinski definition) is 1. The zero-order valence-electron chi connectivity index (χ0n) is 67.5. The van der Waals surface area contributed by atoms with E-state index in [4.69, 9.17) is 0 Å². The first-order valence-corrected chi connectivity index (χ1v) is 43.7. The van der Waals surface area contributed by atoms with E-state index in [2.05, 4.69) is 280 Å². The molecular weight excluding hydrogens is 1740 g/mol. The maximum Gasteiger partial charge on any atom is 0.357 e. The first-order valence-electron chi connectivity index (χ1n) is 35.1. The Balaban J connectivity index is -0.0000000643. The molecular formula is C86H151IOPaPbS4+5. The van der Waals surface area contributed by atoms with E-state index in [1.807, 2.05) is 201 Å². The summed E-state index contributed by atoms with van der Waals surface area (Å²) in [7, 11) is 0.666. The molecule has 0 aliphatic carbocycles. The van der Waals surface area contributed by atoms with Gasteiger partial charge in [-0.05, 0) is 128 Å². The van der Waals surface area contributed by atoms with Crippen LogP contribution in [0.25, 0.3) is 0 Å². The van der Waals surface area contributed by atoms with Crippen molar-refractivity contribution in [3.63, 3.8) is 0 Å². The van der Waals surface area contributed by atoms with Crippen molar-refractivity contribution in [3.05, 3.63) is 261 Å². The standard InChI is InChI=1S/2C13H13S.C13H12.C12H10I.C6H13OS.14C2H6.CH4S.Pa.Pb.H/c2*1-14(12-8-4-2-5-9-12)13-10-6-3-7-11-13;1-3-7-12(8-4-1)11-13-9-5-2-6-10-13;1-3-7-11(8-4-1)13-12-9-5-2-6-10-12;1-5(7)6(2)8(3)4;15*1-2;;;/h2*2-11H,1H3;1-10H,11H2;1-10H;6H,1-4H3;14*1-2H3;2H,1H3;;;/q2*+1;;2*+1;;;;;;;;;;;;;;;;;;/p+1. The van der Waals surface area contributed by atoms with Gasteiger partial charge in [-0.25, -0.2) is 0 Å². The number of rotatable bonds is 10. The molecule has 0 fully saturated rings. The summed E-state index contributed by atoms with van der Waals surface area (Å²) >= 11 is 3.00. The van der Waals surface area contributed by atoms with E-state index in [9.17, 15) is 4.79 Å². The molecule has 8 heteroatoms. The summed E-state index contributed by atoms with van der Waals surface area (Å²) in [6.45, 7) is 59.6. The topological polar surface area (TPSA) is 17.1 Å². The second-order valence-corrected chi connectivity index (χ2v) is 23.7. The van der Waals surface area contributed by atoms with Crippen LogP contribution in [0, 0.1) is 39.4 Å². The van der Waals surface area contributed by atoms with E-state index in [0.29, 0.717) is 5.78 Å². The molecule has 4 radical (unpaired) electrons. The molecule has 534 valence electrons. The molecule has 8 aromatic rings. The molecule has 0 heterocycles. The number of carbonyl (C=O) groups excluding carboxylic acids is 1. The van der Waals surface area contributed by atoms with Crippen LogP contribution in [-0.2, 0) is 56.5 Å². The molecule has 1 atom stereocenters. The van der Waals surface area contributed by atoms with E-state index in [1.54, 1.807) is 13.2 Å². The molecule has 1 nitrogen and oxygen atoms in total. The normalized spacial score (nSPS) is 7.99. The Hall–Kier alpha value is -2.43. The monoisotopic (exact) mass is 1890 g/mol. The summed E-state index contributed by atoms with van der Waals surface area (Å²) in [6.07, 6.45) is 11.6. The maximum absolute atomic E-state index is 10.6. The number of ketones is 1. The van der Waals surface area contributed by atoms with E-state index in [1.165, 1.54) is 37.8 Å². The fourth-order valence-electron chi connectivity index (χ4n) is 5.61. The van der Waals surface area contributed by atoms with Gasteiger partial charge in [0.2, 0.25) is 0 Å². The molecule has 8 aromatic carbocycles.